The molecule has 0 aliphatic heterocycles. The number of nitrogens with one attached hydrogen (secondary N) is 1. The molecule has 5 nitrogen and oxygen atoms in total. The van der Waals surface area contributed by atoms with E-state index in [-0.39, 0.29) is 11.4 Å². The van der Waals surface area contributed by atoms with Crippen LogP contribution >= 0.6 is 11.6 Å². The van der Waals surface area contributed by atoms with Gasteiger partial charge in [0.25, 0.3) is 0 Å². The van der Waals surface area contributed by atoms with E-state index in [0.717, 1.165) is 19.3 Å². The second-order valence-corrected chi connectivity index (χ2v) is 7.23. The number of hydrogen-bond acceptors (Lipinski definition) is 4. The van der Waals surface area contributed by atoms with E-state index in [1.165, 1.54) is 24.5 Å². The van der Waals surface area contributed by atoms with Gasteiger partial charge in [-0.1, -0.05) is 31.4 Å². The Labute approximate surface area is 141 Å². The fourth-order valence-electron chi connectivity index (χ4n) is 1.96. The highest BCUT2D eigenvalue weighted by molar-refractivity contribution is 7.89. The van der Waals surface area contributed by atoms with E-state index in [9.17, 15) is 8.42 Å². The van der Waals surface area contributed by atoms with E-state index in [0.29, 0.717) is 23.1 Å². The third kappa shape index (κ3) is 5.27. The molecule has 0 saturated carbocycles. The summed E-state index contributed by atoms with van der Waals surface area (Å²) in [6.45, 7) is 2.70. The number of hydrogen-bond donors (Lipinski definition) is 1. The summed E-state index contributed by atoms with van der Waals surface area (Å²) in [6, 6.07) is 7.82. The zero-order valence-corrected chi connectivity index (χ0v) is 14.5. The van der Waals surface area contributed by atoms with E-state index in [2.05, 4.69) is 11.6 Å². The quantitative estimate of drug-likeness (QED) is 0.689. The van der Waals surface area contributed by atoms with E-state index >= 15 is 0 Å². The van der Waals surface area contributed by atoms with Crippen molar-refractivity contribution in [3.63, 3.8) is 0 Å². The first kappa shape index (κ1) is 17.8. The van der Waals surface area contributed by atoms with Gasteiger partial charge >= 0.3 is 0 Å². The molecule has 0 aliphatic rings. The van der Waals surface area contributed by atoms with E-state index in [1.807, 2.05) is 0 Å². The summed E-state index contributed by atoms with van der Waals surface area (Å²) >= 11 is 6.06. The first-order chi connectivity index (χ1) is 11.0. The van der Waals surface area contributed by atoms with Crippen LogP contribution in [-0.2, 0) is 16.6 Å². The molecule has 2 rings (SSSR count). The van der Waals surface area contributed by atoms with Crippen LogP contribution in [0.3, 0.4) is 0 Å². The number of furan rings is 1. The molecule has 0 fully saturated rings. The zero-order valence-electron chi connectivity index (χ0n) is 12.9. The summed E-state index contributed by atoms with van der Waals surface area (Å²) in [5, 5.41) is 0.395. The van der Waals surface area contributed by atoms with Crippen molar-refractivity contribution < 1.29 is 17.6 Å². The summed E-state index contributed by atoms with van der Waals surface area (Å²) in [4.78, 5) is 0.110. The molecular formula is C16H20ClNO4S. The van der Waals surface area contributed by atoms with Crippen molar-refractivity contribution in [2.75, 3.05) is 6.61 Å². The van der Waals surface area contributed by atoms with Crippen LogP contribution in [-0.4, -0.2) is 15.0 Å². The SMILES string of the molecule is CCCCCOc1cc(S(=O)(=O)NCc2ccco2)ccc1Cl. The van der Waals surface area contributed by atoms with Crippen molar-refractivity contribution in [3.8, 4) is 5.75 Å². The second-order valence-electron chi connectivity index (χ2n) is 5.05. The average molecular weight is 358 g/mol. The molecule has 0 bridgehead atoms. The van der Waals surface area contributed by atoms with Crippen LogP contribution in [0, 0.1) is 0 Å². The molecule has 7 heteroatoms. The van der Waals surface area contributed by atoms with Gasteiger partial charge in [0, 0.05) is 6.07 Å². The maximum atomic E-state index is 12.3. The standard InChI is InChI=1S/C16H20ClNO4S/c1-2-3-4-9-22-16-11-14(7-8-15(16)17)23(19,20)18-12-13-6-5-10-21-13/h5-8,10-11,18H,2-4,9,12H2,1H3. The van der Waals surface area contributed by atoms with Crippen LogP contribution in [0.4, 0.5) is 0 Å². The summed E-state index contributed by atoms with van der Waals surface area (Å²) in [7, 11) is -3.66. The van der Waals surface area contributed by atoms with Crippen molar-refractivity contribution in [2.24, 2.45) is 0 Å². The van der Waals surface area contributed by atoms with Gasteiger partial charge in [0.15, 0.2) is 0 Å². The van der Waals surface area contributed by atoms with E-state index in [4.69, 9.17) is 20.8 Å². The molecule has 23 heavy (non-hydrogen) atoms. The van der Waals surface area contributed by atoms with Crippen LogP contribution in [0.1, 0.15) is 31.9 Å². The lowest BCUT2D eigenvalue weighted by molar-refractivity contribution is 0.305. The molecule has 1 heterocycles. The average Bonchev–Trinajstić information content (AvgIpc) is 3.04. The summed E-state index contributed by atoms with van der Waals surface area (Å²) in [6.07, 6.45) is 4.54. The van der Waals surface area contributed by atoms with Gasteiger partial charge in [0.1, 0.15) is 11.5 Å². The topological polar surface area (TPSA) is 68.5 Å². The fraction of sp³-hybridized carbons (Fsp3) is 0.375. The molecule has 1 aromatic heterocycles. The molecule has 126 valence electrons. The highest BCUT2D eigenvalue weighted by Gasteiger charge is 2.16. The maximum Gasteiger partial charge on any atom is 0.241 e. The van der Waals surface area contributed by atoms with Gasteiger partial charge in [-0.25, -0.2) is 13.1 Å². The summed E-state index contributed by atoms with van der Waals surface area (Å²) in [5.74, 6) is 0.919. The Bertz CT molecular complexity index is 714. The molecule has 0 saturated heterocycles. The minimum Gasteiger partial charge on any atom is -0.492 e. The van der Waals surface area contributed by atoms with Gasteiger partial charge in [0.2, 0.25) is 10.0 Å². The van der Waals surface area contributed by atoms with Crippen molar-refractivity contribution in [3.05, 3.63) is 47.4 Å². The number of benzene rings is 1. The van der Waals surface area contributed by atoms with Gasteiger partial charge < -0.3 is 9.15 Å². The first-order valence-corrected chi connectivity index (χ1v) is 9.33. The van der Waals surface area contributed by atoms with E-state index < -0.39 is 10.0 Å². The molecule has 0 aliphatic carbocycles. The minimum absolute atomic E-state index is 0.0879. The highest BCUT2D eigenvalue weighted by Crippen LogP contribution is 2.27. The van der Waals surface area contributed by atoms with Gasteiger partial charge in [0.05, 0.1) is 29.3 Å². The van der Waals surface area contributed by atoms with Gasteiger partial charge in [-0.15, -0.1) is 0 Å². The monoisotopic (exact) mass is 357 g/mol. The van der Waals surface area contributed by atoms with Crippen molar-refractivity contribution in [2.45, 2.75) is 37.6 Å². The summed E-state index contributed by atoms with van der Waals surface area (Å²) < 4.78 is 37.8. The van der Waals surface area contributed by atoms with Crippen LogP contribution in [0.2, 0.25) is 5.02 Å². The molecule has 2 aromatic rings. The lowest BCUT2D eigenvalue weighted by Crippen LogP contribution is -2.23. The second kappa shape index (κ2) is 8.38. The van der Waals surface area contributed by atoms with Crippen molar-refractivity contribution >= 4 is 21.6 Å². The lowest BCUT2D eigenvalue weighted by Gasteiger charge is -2.11. The first-order valence-electron chi connectivity index (χ1n) is 7.47. The molecule has 0 spiro atoms. The molecule has 1 aromatic carbocycles. The number of unbranched alkanes of at least 4 members (excludes halogenated alkanes) is 2. The number of rotatable bonds is 9. The molecule has 0 unspecified atom stereocenters. The molecular weight excluding hydrogens is 338 g/mol. The Morgan fingerprint density at radius 3 is 2.78 bits per heavy atom. The Kier molecular flexibility index (Phi) is 6.50. The largest absolute Gasteiger partial charge is 0.492 e. The predicted octanol–water partition coefficient (Wildman–Crippen LogP) is 3.98. The fourth-order valence-corrected chi connectivity index (χ4v) is 3.14. The Morgan fingerprint density at radius 1 is 1.26 bits per heavy atom. The smallest absolute Gasteiger partial charge is 0.241 e. The van der Waals surface area contributed by atoms with Crippen LogP contribution in [0.25, 0.3) is 0 Å². The Balaban J connectivity index is 2.05. The van der Waals surface area contributed by atoms with Crippen molar-refractivity contribution in [1.29, 1.82) is 0 Å². The third-order valence-corrected chi connectivity index (χ3v) is 4.95. The van der Waals surface area contributed by atoms with Crippen molar-refractivity contribution in [1.82, 2.24) is 4.72 Å². The zero-order chi connectivity index (χ0) is 16.7. The van der Waals surface area contributed by atoms with Gasteiger partial charge in [-0.05, 0) is 30.7 Å². The molecule has 0 radical (unpaired) electrons. The normalized spacial score (nSPS) is 11.6. The van der Waals surface area contributed by atoms with Gasteiger partial charge in [-0.3, -0.25) is 0 Å². The predicted molar refractivity (Wildman–Crippen MR) is 89.2 cm³/mol. The minimum atomic E-state index is -3.66. The Morgan fingerprint density at radius 2 is 2.09 bits per heavy atom. The third-order valence-electron chi connectivity index (χ3n) is 3.23. The molecule has 1 N–H and O–H groups in total. The molecule has 0 atom stereocenters. The molecule has 0 amide bonds. The number of sulfonamides is 1. The number of halogens is 1. The highest BCUT2D eigenvalue weighted by atomic mass is 35.5. The van der Waals surface area contributed by atoms with Crippen LogP contribution < -0.4 is 9.46 Å². The number of ether oxygens (including phenoxy) is 1. The van der Waals surface area contributed by atoms with Crippen LogP contribution in [0.5, 0.6) is 5.75 Å². The lowest BCUT2D eigenvalue weighted by atomic mass is 10.3. The summed E-state index contributed by atoms with van der Waals surface area (Å²) in [5.41, 5.74) is 0. The van der Waals surface area contributed by atoms with Gasteiger partial charge in [-0.2, -0.15) is 0 Å². The van der Waals surface area contributed by atoms with Crippen LogP contribution in [0.15, 0.2) is 45.9 Å². The maximum absolute atomic E-state index is 12.3. The Hall–Kier alpha value is -1.50. The van der Waals surface area contributed by atoms with E-state index in [1.54, 1.807) is 12.1 Å².